The van der Waals surface area contributed by atoms with E-state index in [0.29, 0.717) is 5.75 Å². The molecular formula is C17H20F3NO. The first kappa shape index (κ1) is 16.6. The quantitative estimate of drug-likeness (QED) is 0.850. The minimum Gasteiger partial charge on any atom is -0.490 e. The topological polar surface area (TPSA) is 21.3 Å². The molecule has 22 heavy (non-hydrogen) atoms. The summed E-state index contributed by atoms with van der Waals surface area (Å²) >= 11 is 0. The van der Waals surface area contributed by atoms with Crippen molar-refractivity contribution in [2.45, 2.75) is 25.1 Å². The fraction of sp³-hybridized carbons (Fsp3) is 0.412. The van der Waals surface area contributed by atoms with Crippen LogP contribution in [0.2, 0.25) is 0 Å². The highest BCUT2D eigenvalue weighted by Crippen LogP contribution is 2.31. The Kier molecular flexibility index (Phi) is 5.66. The summed E-state index contributed by atoms with van der Waals surface area (Å²) in [4.78, 5) is 0. The third kappa shape index (κ3) is 4.63. The number of hydrogen-bond donors (Lipinski definition) is 1. The molecule has 0 spiro atoms. The Morgan fingerprint density at radius 3 is 2.50 bits per heavy atom. The molecule has 1 aromatic carbocycles. The minimum atomic E-state index is -4.32. The summed E-state index contributed by atoms with van der Waals surface area (Å²) in [5, 5.41) is 3.08. The molecule has 5 heteroatoms. The third-order valence-electron chi connectivity index (χ3n) is 3.64. The molecule has 1 aromatic rings. The second-order valence-corrected chi connectivity index (χ2v) is 5.28. The van der Waals surface area contributed by atoms with E-state index < -0.39 is 11.7 Å². The number of alkyl halides is 3. The van der Waals surface area contributed by atoms with Gasteiger partial charge in [0.2, 0.25) is 0 Å². The predicted octanol–water partition coefficient (Wildman–Crippen LogP) is 4.19. The van der Waals surface area contributed by atoms with Crippen LogP contribution in [0.1, 0.15) is 18.4 Å². The summed E-state index contributed by atoms with van der Waals surface area (Å²) in [5.41, 5.74) is -0.660. The molecule has 120 valence electrons. The summed E-state index contributed by atoms with van der Waals surface area (Å²) in [5.74, 6) is 0.706. The molecule has 2 rings (SSSR count). The van der Waals surface area contributed by atoms with Gasteiger partial charge in [-0.05, 0) is 50.7 Å². The molecule has 0 aromatic heterocycles. The van der Waals surface area contributed by atoms with Crippen molar-refractivity contribution >= 4 is 0 Å². The van der Waals surface area contributed by atoms with E-state index in [9.17, 15) is 13.2 Å². The summed E-state index contributed by atoms with van der Waals surface area (Å²) < 4.78 is 43.7. The van der Waals surface area contributed by atoms with Gasteiger partial charge >= 0.3 is 6.18 Å². The molecule has 1 N–H and O–H groups in total. The summed E-state index contributed by atoms with van der Waals surface area (Å²) in [6.45, 7) is 0.791. The Labute approximate surface area is 128 Å². The fourth-order valence-electron chi connectivity index (χ4n) is 2.42. The van der Waals surface area contributed by atoms with Gasteiger partial charge in [-0.2, -0.15) is 13.2 Å². The summed E-state index contributed by atoms with van der Waals surface area (Å²) in [6, 6.07) is 4.89. The zero-order chi connectivity index (χ0) is 16.0. The van der Waals surface area contributed by atoms with Crippen LogP contribution >= 0.6 is 0 Å². The average molecular weight is 311 g/mol. The number of allylic oxidation sites excluding steroid dienone is 3. The Morgan fingerprint density at radius 1 is 1.23 bits per heavy atom. The second-order valence-electron chi connectivity index (χ2n) is 5.28. The molecule has 0 bridgehead atoms. The maximum absolute atomic E-state index is 12.6. The molecule has 0 saturated heterocycles. The summed E-state index contributed by atoms with van der Waals surface area (Å²) in [6.07, 6.45) is 5.43. The molecule has 1 aliphatic carbocycles. The van der Waals surface area contributed by atoms with Gasteiger partial charge in [0.1, 0.15) is 11.9 Å². The minimum absolute atomic E-state index is 0.0645. The second kappa shape index (κ2) is 7.49. The lowest BCUT2D eigenvalue weighted by atomic mass is 9.92. The van der Waals surface area contributed by atoms with Crippen molar-refractivity contribution < 1.29 is 17.9 Å². The van der Waals surface area contributed by atoms with Crippen LogP contribution in [0.4, 0.5) is 13.2 Å². The zero-order valence-corrected chi connectivity index (χ0v) is 12.4. The van der Waals surface area contributed by atoms with Gasteiger partial charge < -0.3 is 10.1 Å². The van der Waals surface area contributed by atoms with E-state index in [0.717, 1.165) is 31.5 Å². The molecular weight excluding hydrogens is 291 g/mol. The monoisotopic (exact) mass is 311 g/mol. The molecule has 2 atom stereocenters. The van der Waals surface area contributed by atoms with Gasteiger partial charge in [0.15, 0.2) is 0 Å². The van der Waals surface area contributed by atoms with Crippen LogP contribution in [-0.2, 0) is 6.18 Å². The van der Waals surface area contributed by atoms with Gasteiger partial charge in [0.05, 0.1) is 5.56 Å². The van der Waals surface area contributed by atoms with Gasteiger partial charge in [0.25, 0.3) is 0 Å². The predicted molar refractivity (Wildman–Crippen MR) is 80.8 cm³/mol. The van der Waals surface area contributed by atoms with Crippen LogP contribution in [0.15, 0.2) is 48.6 Å². The lowest BCUT2D eigenvalue weighted by molar-refractivity contribution is -0.137. The Bertz CT molecular complexity index is 520. The number of rotatable bonds is 6. The smallest absolute Gasteiger partial charge is 0.416 e. The van der Waals surface area contributed by atoms with Crippen molar-refractivity contribution in [3.63, 3.8) is 0 Å². The zero-order valence-electron chi connectivity index (χ0n) is 12.4. The Balaban J connectivity index is 2.06. The van der Waals surface area contributed by atoms with E-state index in [1.807, 2.05) is 19.2 Å². The Hall–Kier alpha value is -1.75. The van der Waals surface area contributed by atoms with Gasteiger partial charge in [-0.1, -0.05) is 24.3 Å². The highest BCUT2D eigenvalue weighted by atomic mass is 19.4. The SMILES string of the molecule is CNCC[C@H](Oc1ccc(C(F)(F)F)cc1)[C@@H]1C=CC=CC1. The molecule has 0 fully saturated rings. The van der Waals surface area contributed by atoms with E-state index in [2.05, 4.69) is 17.5 Å². The van der Waals surface area contributed by atoms with Crippen LogP contribution in [0, 0.1) is 5.92 Å². The normalized spacial score (nSPS) is 19.2. The standard InChI is InChI=1S/C17H20F3NO/c1-21-12-11-16(13-5-3-2-4-6-13)22-15-9-7-14(8-10-15)17(18,19)20/h2-5,7-10,13,16,21H,6,11-12H2,1H3/t13-,16+/m1/s1. The molecule has 0 aliphatic heterocycles. The number of hydrogen-bond acceptors (Lipinski definition) is 2. The highest BCUT2D eigenvalue weighted by Gasteiger charge is 2.30. The van der Waals surface area contributed by atoms with Crippen molar-refractivity contribution in [2.75, 3.05) is 13.6 Å². The van der Waals surface area contributed by atoms with Gasteiger partial charge in [0, 0.05) is 5.92 Å². The molecule has 0 unspecified atom stereocenters. The number of ether oxygens (including phenoxy) is 1. The van der Waals surface area contributed by atoms with Crippen molar-refractivity contribution in [3.05, 3.63) is 54.1 Å². The molecule has 0 radical (unpaired) electrons. The lowest BCUT2D eigenvalue weighted by Gasteiger charge is -2.26. The first-order valence-electron chi connectivity index (χ1n) is 7.32. The maximum Gasteiger partial charge on any atom is 0.416 e. The first-order valence-corrected chi connectivity index (χ1v) is 7.32. The van der Waals surface area contributed by atoms with Crippen LogP contribution in [-0.4, -0.2) is 19.7 Å². The Morgan fingerprint density at radius 2 is 1.95 bits per heavy atom. The van der Waals surface area contributed by atoms with E-state index in [4.69, 9.17) is 4.74 Å². The van der Waals surface area contributed by atoms with E-state index in [1.54, 1.807) is 0 Å². The highest BCUT2D eigenvalue weighted by molar-refractivity contribution is 5.29. The van der Waals surface area contributed by atoms with Crippen LogP contribution < -0.4 is 10.1 Å². The molecule has 2 nitrogen and oxygen atoms in total. The third-order valence-corrected chi connectivity index (χ3v) is 3.64. The van der Waals surface area contributed by atoms with Crippen LogP contribution in [0.25, 0.3) is 0 Å². The average Bonchev–Trinajstić information content (AvgIpc) is 2.52. The van der Waals surface area contributed by atoms with Crippen LogP contribution in [0.3, 0.4) is 0 Å². The fourth-order valence-corrected chi connectivity index (χ4v) is 2.42. The summed E-state index contributed by atoms with van der Waals surface area (Å²) in [7, 11) is 1.87. The van der Waals surface area contributed by atoms with Crippen molar-refractivity contribution in [2.24, 2.45) is 5.92 Å². The largest absolute Gasteiger partial charge is 0.490 e. The molecule has 0 heterocycles. The number of nitrogens with one attached hydrogen (secondary N) is 1. The lowest BCUT2D eigenvalue weighted by Crippen LogP contribution is -2.29. The molecule has 0 amide bonds. The van der Waals surface area contributed by atoms with Gasteiger partial charge in [-0.3, -0.25) is 0 Å². The van der Waals surface area contributed by atoms with Crippen molar-refractivity contribution in [1.29, 1.82) is 0 Å². The maximum atomic E-state index is 12.6. The molecule has 0 saturated carbocycles. The molecule has 1 aliphatic rings. The van der Waals surface area contributed by atoms with Gasteiger partial charge in [-0.15, -0.1) is 0 Å². The van der Waals surface area contributed by atoms with E-state index >= 15 is 0 Å². The van der Waals surface area contributed by atoms with Gasteiger partial charge in [-0.25, -0.2) is 0 Å². The number of halogens is 3. The first-order chi connectivity index (χ1) is 10.5. The van der Waals surface area contributed by atoms with Crippen LogP contribution in [0.5, 0.6) is 5.75 Å². The van der Waals surface area contributed by atoms with Crippen molar-refractivity contribution in [1.82, 2.24) is 5.32 Å². The van der Waals surface area contributed by atoms with Crippen molar-refractivity contribution in [3.8, 4) is 5.75 Å². The van der Waals surface area contributed by atoms with E-state index in [-0.39, 0.29) is 12.0 Å². The van der Waals surface area contributed by atoms with E-state index in [1.165, 1.54) is 12.1 Å². The number of benzene rings is 1.